The van der Waals surface area contributed by atoms with E-state index >= 15 is 0 Å². The van der Waals surface area contributed by atoms with Gasteiger partial charge in [-0.3, -0.25) is 4.79 Å². The molecule has 19 heavy (non-hydrogen) atoms. The highest BCUT2D eigenvalue weighted by Gasteiger charge is 2.41. The third-order valence-corrected chi connectivity index (χ3v) is 3.48. The molecule has 0 aromatic rings. The fourth-order valence-electron chi connectivity index (χ4n) is 1.98. The summed E-state index contributed by atoms with van der Waals surface area (Å²) in [6, 6.07) is 0. The molecule has 5 nitrogen and oxygen atoms in total. The summed E-state index contributed by atoms with van der Waals surface area (Å²) in [5, 5.41) is 0. The van der Waals surface area contributed by atoms with Crippen LogP contribution in [0.2, 0.25) is 0 Å². The van der Waals surface area contributed by atoms with Crippen molar-refractivity contribution in [2.75, 3.05) is 40.1 Å². The molecule has 1 unspecified atom stereocenters. The minimum atomic E-state index is -0.642. The number of methoxy groups -OCH3 is 1. The molecule has 0 spiro atoms. The van der Waals surface area contributed by atoms with Crippen LogP contribution in [-0.2, 0) is 19.0 Å². The summed E-state index contributed by atoms with van der Waals surface area (Å²) in [5.41, 5.74) is 5.18. The third-order valence-electron chi connectivity index (χ3n) is 3.48. The van der Waals surface area contributed by atoms with Crippen LogP contribution in [0.1, 0.15) is 33.6 Å². The predicted molar refractivity (Wildman–Crippen MR) is 74.9 cm³/mol. The van der Waals surface area contributed by atoms with E-state index in [0.717, 1.165) is 6.42 Å². The number of ether oxygens (including phenoxy) is 3. The van der Waals surface area contributed by atoms with Gasteiger partial charge in [0, 0.05) is 33.5 Å². The average Bonchev–Trinajstić information content (AvgIpc) is 2.38. The fraction of sp³-hybridized carbons (Fsp3) is 0.929. The number of carbonyl (C=O) groups excluding carboxylic acids is 1. The van der Waals surface area contributed by atoms with E-state index in [-0.39, 0.29) is 18.4 Å². The van der Waals surface area contributed by atoms with Crippen LogP contribution in [0.3, 0.4) is 0 Å². The van der Waals surface area contributed by atoms with E-state index in [2.05, 4.69) is 0 Å². The fourth-order valence-corrected chi connectivity index (χ4v) is 1.98. The SMILES string of the molecule is CCOC(=O)C(CN)(CCOCCCOC)C(C)C. The van der Waals surface area contributed by atoms with Crippen molar-refractivity contribution in [2.45, 2.75) is 33.6 Å². The normalized spacial score (nSPS) is 14.4. The Morgan fingerprint density at radius 3 is 2.42 bits per heavy atom. The van der Waals surface area contributed by atoms with E-state index in [9.17, 15) is 4.79 Å². The molecule has 114 valence electrons. The summed E-state index contributed by atoms with van der Waals surface area (Å²) in [7, 11) is 1.67. The Bertz CT molecular complexity index is 246. The molecule has 0 aliphatic rings. The predicted octanol–water partition coefficient (Wildman–Crippen LogP) is 1.59. The van der Waals surface area contributed by atoms with Crippen LogP contribution in [-0.4, -0.2) is 46.1 Å². The van der Waals surface area contributed by atoms with Crippen LogP contribution in [0.4, 0.5) is 0 Å². The Morgan fingerprint density at radius 1 is 1.26 bits per heavy atom. The highest BCUT2D eigenvalue weighted by atomic mass is 16.5. The van der Waals surface area contributed by atoms with Gasteiger partial charge in [0.2, 0.25) is 0 Å². The van der Waals surface area contributed by atoms with Gasteiger partial charge in [-0.05, 0) is 25.7 Å². The zero-order valence-electron chi connectivity index (χ0n) is 12.7. The van der Waals surface area contributed by atoms with Gasteiger partial charge < -0.3 is 19.9 Å². The molecule has 0 rings (SSSR count). The van der Waals surface area contributed by atoms with Crippen molar-refractivity contribution in [1.82, 2.24) is 0 Å². The molecule has 0 aromatic heterocycles. The zero-order chi connectivity index (χ0) is 14.7. The molecule has 0 heterocycles. The quantitative estimate of drug-likeness (QED) is 0.458. The third kappa shape index (κ3) is 5.89. The van der Waals surface area contributed by atoms with Crippen molar-refractivity contribution >= 4 is 5.97 Å². The smallest absolute Gasteiger partial charge is 0.313 e. The van der Waals surface area contributed by atoms with E-state index in [1.54, 1.807) is 14.0 Å². The Balaban J connectivity index is 4.31. The highest BCUT2D eigenvalue weighted by Crippen LogP contribution is 2.32. The minimum absolute atomic E-state index is 0.124. The van der Waals surface area contributed by atoms with Gasteiger partial charge in [0.15, 0.2) is 0 Å². The largest absolute Gasteiger partial charge is 0.466 e. The summed E-state index contributed by atoms with van der Waals surface area (Å²) in [5.74, 6) is -0.0906. The lowest BCUT2D eigenvalue weighted by Gasteiger charge is -2.33. The van der Waals surface area contributed by atoms with Crippen molar-refractivity contribution in [2.24, 2.45) is 17.1 Å². The molecule has 5 heteroatoms. The number of nitrogens with two attached hydrogens (primary N) is 1. The number of rotatable bonds is 11. The molecule has 1 atom stereocenters. The molecule has 0 aliphatic heterocycles. The molecule has 0 radical (unpaired) electrons. The second-order valence-electron chi connectivity index (χ2n) is 4.94. The Morgan fingerprint density at radius 2 is 1.95 bits per heavy atom. The summed E-state index contributed by atoms with van der Waals surface area (Å²) in [4.78, 5) is 12.1. The first-order valence-electron chi connectivity index (χ1n) is 6.99. The van der Waals surface area contributed by atoms with Gasteiger partial charge in [-0.1, -0.05) is 13.8 Å². The van der Waals surface area contributed by atoms with E-state index < -0.39 is 5.41 Å². The van der Waals surface area contributed by atoms with Crippen molar-refractivity contribution in [3.63, 3.8) is 0 Å². The summed E-state index contributed by atoms with van der Waals surface area (Å²) in [6.07, 6.45) is 1.44. The minimum Gasteiger partial charge on any atom is -0.466 e. The summed E-state index contributed by atoms with van der Waals surface area (Å²) < 4.78 is 15.6. The molecule has 0 aromatic carbocycles. The first-order chi connectivity index (χ1) is 9.05. The molecule has 0 bridgehead atoms. The Labute approximate surface area is 116 Å². The first-order valence-corrected chi connectivity index (χ1v) is 6.99. The van der Waals surface area contributed by atoms with Gasteiger partial charge in [-0.15, -0.1) is 0 Å². The lowest BCUT2D eigenvalue weighted by atomic mass is 9.74. The van der Waals surface area contributed by atoms with Crippen LogP contribution < -0.4 is 5.73 Å². The number of hydrogen-bond acceptors (Lipinski definition) is 5. The molecule has 0 saturated heterocycles. The molecular formula is C14H29NO4. The molecule has 0 saturated carbocycles. The second kappa shape index (κ2) is 10.2. The zero-order valence-corrected chi connectivity index (χ0v) is 12.7. The number of esters is 1. The highest BCUT2D eigenvalue weighted by molar-refractivity contribution is 5.77. The lowest BCUT2D eigenvalue weighted by Crippen LogP contribution is -2.45. The van der Waals surface area contributed by atoms with Crippen molar-refractivity contribution < 1.29 is 19.0 Å². The average molecular weight is 275 g/mol. The van der Waals surface area contributed by atoms with Crippen LogP contribution in [0, 0.1) is 11.3 Å². The van der Waals surface area contributed by atoms with Crippen molar-refractivity contribution in [1.29, 1.82) is 0 Å². The number of carbonyl (C=O) groups is 1. The Kier molecular flexibility index (Phi) is 9.83. The maximum atomic E-state index is 12.1. The number of hydrogen-bond donors (Lipinski definition) is 1. The molecule has 2 N–H and O–H groups in total. The van der Waals surface area contributed by atoms with E-state index in [0.29, 0.717) is 32.8 Å². The van der Waals surface area contributed by atoms with E-state index in [4.69, 9.17) is 19.9 Å². The van der Waals surface area contributed by atoms with Gasteiger partial charge >= 0.3 is 5.97 Å². The summed E-state index contributed by atoms with van der Waals surface area (Å²) >= 11 is 0. The maximum absolute atomic E-state index is 12.1. The Hall–Kier alpha value is -0.650. The van der Waals surface area contributed by atoms with Gasteiger partial charge in [-0.25, -0.2) is 0 Å². The van der Waals surface area contributed by atoms with Crippen LogP contribution in [0.25, 0.3) is 0 Å². The van der Waals surface area contributed by atoms with Crippen molar-refractivity contribution in [3.05, 3.63) is 0 Å². The van der Waals surface area contributed by atoms with Gasteiger partial charge in [0.25, 0.3) is 0 Å². The van der Waals surface area contributed by atoms with Gasteiger partial charge in [-0.2, -0.15) is 0 Å². The first kappa shape index (κ1) is 18.4. The van der Waals surface area contributed by atoms with Crippen LogP contribution in [0.15, 0.2) is 0 Å². The summed E-state index contributed by atoms with van der Waals surface area (Å²) in [6.45, 7) is 8.29. The molecule has 0 aliphatic carbocycles. The van der Waals surface area contributed by atoms with Crippen LogP contribution >= 0.6 is 0 Å². The molecular weight excluding hydrogens is 246 g/mol. The lowest BCUT2D eigenvalue weighted by molar-refractivity contribution is -0.159. The molecule has 0 fully saturated rings. The monoisotopic (exact) mass is 275 g/mol. The van der Waals surface area contributed by atoms with Crippen molar-refractivity contribution in [3.8, 4) is 0 Å². The van der Waals surface area contributed by atoms with E-state index in [1.807, 2.05) is 13.8 Å². The second-order valence-corrected chi connectivity index (χ2v) is 4.94. The van der Waals surface area contributed by atoms with E-state index in [1.165, 1.54) is 0 Å². The standard InChI is InChI=1S/C14H29NO4/c1-5-19-13(16)14(11-15,12(2)3)7-10-18-9-6-8-17-4/h12H,5-11,15H2,1-4H3. The maximum Gasteiger partial charge on any atom is 0.313 e. The van der Waals surface area contributed by atoms with Gasteiger partial charge in [0.1, 0.15) is 0 Å². The van der Waals surface area contributed by atoms with Crippen LogP contribution in [0.5, 0.6) is 0 Å². The van der Waals surface area contributed by atoms with Gasteiger partial charge in [0.05, 0.1) is 12.0 Å². The molecule has 0 amide bonds. The topological polar surface area (TPSA) is 70.8 Å².